The van der Waals surface area contributed by atoms with Crippen molar-refractivity contribution < 1.29 is 4.55 Å². The molecule has 0 bridgehead atoms. The van der Waals surface area contributed by atoms with E-state index in [0.717, 1.165) is 11.4 Å². The second kappa shape index (κ2) is 3.99. The minimum Gasteiger partial charge on any atom is -0.333 e. The molecule has 3 heteroatoms. The second-order valence-electron chi connectivity index (χ2n) is 6.47. The van der Waals surface area contributed by atoms with Crippen molar-refractivity contribution in [3.8, 4) is 0 Å². The van der Waals surface area contributed by atoms with Gasteiger partial charge in [0.2, 0.25) is 0 Å². The van der Waals surface area contributed by atoms with Crippen molar-refractivity contribution in [1.82, 2.24) is 4.31 Å². The van der Waals surface area contributed by atoms with E-state index in [1.165, 1.54) is 5.56 Å². The largest absolute Gasteiger partial charge is 0.333 e. The van der Waals surface area contributed by atoms with Crippen LogP contribution in [0.2, 0.25) is 0 Å². The molecule has 0 aliphatic carbocycles. The highest BCUT2D eigenvalue weighted by molar-refractivity contribution is 8.28. The summed E-state index contributed by atoms with van der Waals surface area (Å²) in [5.41, 5.74) is 1.27. The van der Waals surface area contributed by atoms with E-state index in [9.17, 15) is 4.55 Å². The molecule has 18 heavy (non-hydrogen) atoms. The van der Waals surface area contributed by atoms with Crippen molar-refractivity contribution in [2.45, 2.75) is 45.1 Å². The van der Waals surface area contributed by atoms with E-state index < -0.39 is 10.5 Å². The zero-order valence-corrected chi connectivity index (χ0v) is 12.7. The van der Waals surface area contributed by atoms with Crippen molar-refractivity contribution in [2.24, 2.45) is 5.41 Å². The summed E-state index contributed by atoms with van der Waals surface area (Å²) in [6.07, 6.45) is 6.23. The lowest BCUT2D eigenvalue weighted by molar-refractivity contribution is 0.275. The highest BCUT2D eigenvalue weighted by Crippen LogP contribution is 2.66. The fourth-order valence-electron chi connectivity index (χ4n) is 2.13. The fourth-order valence-corrected chi connectivity index (χ4v) is 4.25. The Morgan fingerprint density at radius 1 is 1.28 bits per heavy atom. The standard InChI is InChI=1S/C15H23NOS/c1-12-7-9-13(10-8-12)18(6,17)16-11-15(16,5)14(2,3)4/h6-10,17H,11H2,1-5H3/t15-,16?/m0/s1. The van der Waals surface area contributed by atoms with E-state index in [0.29, 0.717) is 0 Å². The van der Waals surface area contributed by atoms with Crippen molar-refractivity contribution in [1.29, 1.82) is 0 Å². The van der Waals surface area contributed by atoms with Crippen LogP contribution in [-0.4, -0.2) is 20.9 Å². The third-order valence-electron chi connectivity index (χ3n) is 4.22. The van der Waals surface area contributed by atoms with Crippen LogP contribution in [0.1, 0.15) is 33.3 Å². The molecule has 2 unspecified atom stereocenters. The van der Waals surface area contributed by atoms with Gasteiger partial charge in [0.05, 0.1) is 6.26 Å². The second-order valence-corrected chi connectivity index (χ2v) is 8.56. The summed E-state index contributed by atoms with van der Waals surface area (Å²) in [5, 5.41) is 0. The summed E-state index contributed by atoms with van der Waals surface area (Å²) < 4.78 is 12.7. The van der Waals surface area contributed by atoms with Gasteiger partial charge in [-0.2, -0.15) is 0 Å². The molecule has 3 atom stereocenters. The summed E-state index contributed by atoms with van der Waals surface area (Å²) in [6.45, 7) is 11.6. The van der Waals surface area contributed by atoms with Crippen LogP contribution in [0.5, 0.6) is 0 Å². The van der Waals surface area contributed by atoms with Gasteiger partial charge in [-0.05, 0) is 41.9 Å². The summed E-state index contributed by atoms with van der Waals surface area (Å²) in [6, 6.07) is 7.87. The van der Waals surface area contributed by atoms with Crippen LogP contribution in [0.25, 0.3) is 0 Å². The SMILES string of the molecule is [CH]S(O)(c1ccc(C)cc1)N1C[C@@]1(C)C(C)(C)C. The molecule has 1 aromatic carbocycles. The number of hydrogen-bond acceptors (Lipinski definition) is 2. The first-order valence-electron chi connectivity index (χ1n) is 6.27. The Balaban J connectivity index is 2.27. The highest BCUT2D eigenvalue weighted by atomic mass is 32.3. The first kappa shape index (κ1) is 13.9. The van der Waals surface area contributed by atoms with Gasteiger partial charge in [0.1, 0.15) is 0 Å². The van der Waals surface area contributed by atoms with E-state index >= 15 is 0 Å². The van der Waals surface area contributed by atoms with Gasteiger partial charge >= 0.3 is 0 Å². The van der Waals surface area contributed by atoms with Crippen molar-refractivity contribution >= 4 is 10.5 Å². The molecule has 1 heterocycles. The topological polar surface area (TPSA) is 23.2 Å². The Labute approximate surface area is 113 Å². The van der Waals surface area contributed by atoms with E-state index in [4.69, 9.17) is 6.26 Å². The molecule has 1 fully saturated rings. The summed E-state index contributed by atoms with van der Waals surface area (Å²) in [5.74, 6) is 0. The van der Waals surface area contributed by atoms with Crippen LogP contribution in [0.4, 0.5) is 0 Å². The van der Waals surface area contributed by atoms with Crippen LogP contribution >= 0.6 is 10.5 Å². The minimum absolute atomic E-state index is 0.0171. The molecule has 1 aliphatic rings. The van der Waals surface area contributed by atoms with Crippen molar-refractivity contribution in [2.75, 3.05) is 6.54 Å². The first-order chi connectivity index (χ1) is 8.09. The molecular formula is C15H23NOS. The summed E-state index contributed by atoms with van der Waals surface area (Å²) in [7, 11) is -2.34. The zero-order valence-electron chi connectivity index (χ0n) is 11.9. The average molecular weight is 265 g/mol. The fraction of sp³-hybridized carbons (Fsp3) is 0.533. The number of hydrogen-bond donors (Lipinski definition) is 1. The van der Waals surface area contributed by atoms with Gasteiger partial charge in [-0.15, -0.1) is 0 Å². The maximum Gasteiger partial charge on any atom is 0.0574 e. The molecule has 100 valence electrons. The molecule has 0 amide bonds. The zero-order chi connectivity index (χ0) is 13.8. The Morgan fingerprint density at radius 3 is 2.17 bits per heavy atom. The normalized spacial score (nSPS) is 32.7. The van der Waals surface area contributed by atoms with Gasteiger partial charge in [-0.1, -0.05) is 38.5 Å². The van der Waals surface area contributed by atoms with E-state index in [1.54, 1.807) is 0 Å². The van der Waals surface area contributed by atoms with Gasteiger partial charge in [0.15, 0.2) is 0 Å². The number of nitrogens with zero attached hydrogens (tertiary/aromatic N) is 1. The third-order valence-corrected chi connectivity index (χ3v) is 6.39. The molecule has 2 radical (unpaired) electrons. The molecule has 1 aromatic rings. The maximum atomic E-state index is 10.7. The summed E-state index contributed by atoms with van der Waals surface area (Å²) >= 11 is 0. The Hall–Kier alpha value is -0.510. The van der Waals surface area contributed by atoms with Gasteiger partial charge < -0.3 is 4.55 Å². The smallest absolute Gasteiger partial charge is 0.0574 e. The molecular weight excluding hydrogens is 242 g/mol. The Kier molecular flexibility index (Phi) is 3.08. The maximum absolute atomic E-state index is 10.7. The van der Waals surface area contributed by atoms with Crippen LogP contribution in [-0.2, 0) is 0 Å². The van der Waals surface area contributed by atoms with E-state index in [1.807, 2.05) is 35.5 Å². The van der Waals surface area contributed by atoms with Gasteiger partial charge in [-0.25, -0.2) is 4.31 Å². The van der Waals surface area contributed by atoms with Gasteiger partial charge in [0.25, 0.3) is 0 Å². The molecule has 1 aliphatic heterocycles. The van der Waals surface area contributed by atoms with Crippen LogP contribution in [0.3, 0.4) is 0 Å². The van der Waals surface area contributed by atoms with E-state index in [2.05, 4.69) is 27.7 Å². The molecule has 2 rings (SSSR count). The molecule has 2 nitrogen and oxygen atoms in total. The Bertz CT molecular complexity index is 447. The molecule has 0 spiro atoms. The molecule has 1 saturated heterocycles. The number of rotatable bonds is 2. The van der Waals surface area contributed by atoms with Gasteiger partial charge in [-0.3, -0.25) is 0 Å². The van der Waals surface area contributed by atoms with Gasteiger partial charge in [0, 0.05) is 17.0 Å². The quantitative estimate of drug-likeness (QED) is 0.804. The van der Waals surface area contributed by atoms with E-state index in [-0.39, 0.29) is 11.0 Å². The number of benzene rings is 1. The van der Waals surface area contributed by atoms with Crippen LogP contribution < -0.4 is 0 Å². The minimum atomic E-state index is -2.34. The third kappa shape index (κ3) is 2.09. The predicted molar refractivity (Wildman–Crippen MR) is 78.5 cm³/mol. The highest BCUT2D eigenvalue weighted by Gasteiger charge is 2.61. The summed E-state index contributed by atoms with van der Waals surface area (Å²) in [4.78, 5) is 0.834. The lowest BCUT2D eigenvalue weighted by Gasteiger charge is -2.37. The molecule has 1 N–H and O–H groups in total. The Morgan fingerprint density at radius 2 is 1.78 bits per heavy atom. The van der Waals surface area contributed by atoms with Crippen molar-refractivity contribution in [3.05, 3.63) is 36.1 Å². The van der Waals surface area contributed by atoms with Crippen LogP contribution in [0.15, 0.2) is 29.2 Å². The number of aryl methyl sites for hydroxylation is 1. The average Bonchev–Trinajstić information content (AvgIpc) is 2.93. The monoisotopic (exact) mass is 265 g/mol. The lowest BCUT2D eigenvalue weighted by atomic mass is 9.82. The predicted octanol–water partition coefficient (Wildman–Crippen LogP) is 4.34. The molecule has 0 saturated carbocycles. The van der Waals surface area contributed by atoms with Crippen molar-refractivity contribution in [3.63, 3.8) is 0 Å². The van der Waals surface area contributed by atoms with Crippen LogP contribution in [0, 0.1) is 18.6 Å². The first-order valence-corrected chi connectivity index (χ1v) is 7.88. The molecule has 0 aromatic heterocycles. The lowest BCUT2D eigenvalue weighted by Crippen LogP contribution is -2.32.